The Kier molecular flexibility index (Phi) is 4.65. The number of carboxylic acids is 1. The molecule has 0 saturated carbocycles. The highest BCUT2D eigenvalue weighted by Gasteiger charge is 2.15. The summed E-state index contributed by atoms with van der Waals surface area (Å²) in [5.74, 6) is -1.56. The standard InChI is InChI=1S/C14H15FO4/c15-13-3-1-10(7-11(13)2-4-14(16)17)8-19-12-5-6-18-9-12/h1-4,7,12H,5-6,8-9H2,(H,16,17). The largest absolute Gasteiger partial charge is 0.478 e. The Hall–Kier alpha value is -1.72. The molecule has 0 amide bonds. The summed E-state index contributed by atoms with van der Waals surface area (Å²) in [5, 5.41) is 8.53. The second-order valence-corrected chi connectivity index (χ2v) is 4.32. The van der Waals surface area contributed by atoms with Gasteiger partial charge in [-0.25, -0.2) is 9.18 Å². The van der Waals surface area contributed by atoms with E-state index in [1.54, 1.807) is 12.1 Å². The normalized spacial score (nSPS) is 19.1. The average Bonchev–Trinajstić information content (AvgIpc) is 2.89. The van der Waals surface area contributed by atoms with Crippen molar-refractivity contribution in [1.29, 1.82) is 0 Å². The van der Waals surface area contributed by atoms with Crippen molar-refractivity contribution in [2.24, 2.45) is 0 Å². The maximum atomic E-state index is 13.5. The fourth-order valence-electron chi connectivity index (χ4n) is 1.83. The van der Waals surface area contributed by atoms with Crippen LogP contribution in [-0.4, -0.2) is 30.4 Å². The van der Waals surface area contributed by atoms with Crippen LogP contribution in [0.15, 0.2) is 24.3 Å². The van der Waals surface area contributed by atoms with E-state index in [2.05, 4.69) is 0 Å². The minimum absolute atomic E-state index is 0.0862. The van der Waals surface area contributed by atoms with Gasteiger partial charge in [-0.15, -0.1) is 0 Å². The van der Waals surface area contributed by atoms with Crippen molar-refractivity contribution >= 4 is 12.0 Å². The zero-order valence-electron chi connectivity index (χ0n) is 10.3. The van der Waals surface area contributed by atoms with E-state index in [0.717, 1.165) is 18.1 Å². The van der Waals surface area contributed by atoms with Gasteiger partial charge in [-0.2, -0.15) is 0 Å². The molecule has 0 bridgehead atoms. The Labute approximate surface area is 110 Å². The molecule has 1 N–H and O–H groups in total. The zero-order chi connectivity index (χ0) is 13.7. The Bertz CT molecular complexity index is 478. The molecule has 2 rings (SSSR count). The molecule has 1 atom stereocenters. The van der Waals surface area contributed by atoms with Crippen molar-refractivity contribution in [2.45, 2.75) is 19.1 Å². The number of carboxylic acid groups (broad SMARTS) is 1. The van der Waals surface area contributed by atoms with Crippen molar-refractivity contribution in [3.8, 4) is 0 Å². The maximum Gasteiger partial charge on any atom is 0.328 e. The van der Waals surface area contributed by atoms with Crippen LogP contribution in [0.4, 0.5) is 4.39 Å². The molecule has 1 aromatic carbocycles. The van der Waals surface area contributed by atoms with Gasteiger partial charge in [-0.05, 0) is 30.2 Å². The number of hydrogen-bond acceptors (Lipinski definition) is 3. The molecule has 1 fully saturated rings. The first kappa shape index (κ1) is 13.7. The van der Waals surface area contributed by atoms with E-state index in [1.165, 1.54) is 12.1 Å². The molecule has 5 heteroatoms. The van der Waals surface area contributed by atoms with Gasteiger partial charge < -0.3 is 14.6 Å². The van der Waals surface area contributed by atoms with E-state index in [-0.39, 0.29) is 11.7 Å². The van der Waals surface area contributed by atoms with Crippen molar-refractivity contribution in [3.05, 3.63) is 41.2 Å². The van der Waals surface area contributed by atoms with Gasteiger partial charge in [-0.1, -0.05) is 6.07 Å². The van der Waals surface area contributed by atoms with E-state index in [9.17, 15) is 9.18 Å². The van der Waals surface area contributed by atoms with Gasteiger partial charge in [0, 0.05) is 18.2 Å². The van der Waals surface area contributed by atoms with Crippen LogP contribution in [0.5, 0.6) is 0 Å². The van der Waals surface area contributed by atoms with Crippen LogP contribution in [-0.2, 0) is 20.9 Å². The topological polar surface area (TPSA) is 55.8 Å². The van der Waals surface area contributed by atoms with E-state index >= 15 is 0 Å². The van der Waals surface area contributed by atoms with Crippen LogP contribution in [0.2, 0.25) is 0 Å². The summed E-state index contributed by atoms with van der Waals surface area (Å²) >= 11 is 0. The van der Waals surface area contributed by atoms with Crippen LogP contribution in [0.3, 0.4) is 0 Å². The van der Waals surface area contributed by atoms with Gasteiger partial charge in [-0.3, -0.25) is 0 Å². The van der Waals surface area contributed by atoms with Crippen molar-refractivity contribution < 1.29 is 23.8 Å². The monoisotopic (exact) mass is 266 g/mol. The van der Waals surface area contributed by atoms with Crippen LogP contribution >= 0.6 is 0 Å². The van der Waals surface area contributed by atoms with Crippen LogP contribution < -0.4 is 0 Å². The molecule has 19 heavy (non-hydrogen) atoms. The molecule has 1 aliphatic rings. The number of aliphatic carboxylic acids is 1. The number of ether oxygens (including phenoxy) is 2. The Morgan fingerprint density at radius 2 is 2.42 bits per heavy atom. The summed E-state index contributed by atoms with van der Waals surface area (Å²) in [4.78, 5) is 10.4. The molecule has 4 nitrogen and oxygen atoms in total. The average molecular weight is 266 g/mol. The third-order valence-electron chi connectivity index (χ3n) is 2.84. The van der Waals surface area contributed by atoms with E-state index in [0.29, 0.717) is 19.8 Å². The number of halogens is 1. The van der Waals surface area contributed by atoms with E-state index < -0.39 is 11.8 Å². The highest BCUT2D eigenvalue weighted by atomic mass is 19.1. The predicted octanol–water partition coefficient (Wildman–Crippen LogP) is 2.23. The fourth-order valence-corrected chi connectivity index (χ4v) is 1.83. The van der Waals surface area contributed by atoms with Crippen LogP contribution in [0.25, 0.3) is 6.08 Å². The quantitative estimate of drug-likeness (QED) is 0.830. The maximum absolute atomic E-state index is 13.5. The number of hydrogen-bond donors (Lipinski definition) is 1. The fraction of sp³-hybridized carbons (Fsp3) is 0.357. The van der Waals surface area contributed by atoms with Crippen LogP contribution in [0.1, 0.15) is 17.5 Å². The van der Waals surface area contributed by atoms with Gasteiger partial charge in [0.25, 0.3) is 0 Å². The molecule has 1 aromatic rings. The Morgan fingerprint density at radius 3 is 3.11 bits per heavy atom. The van der Waals surface area contributed by atoms with Crippen LogP contribution in [0, 0.1) is 5.82 Å². The lowest BCUT2D eigenvalue weighted by Crippen LogP contribution is -2.11. The van der Waals surface area contributed by atoms with Gasteiger partial charge >= 0.3 is 5.97 Å². The first-order valence-corrected chi connectivity index (χ1v) is 6.04. The summed E-state index contributed by atoms with van der Waals surface area (Å²) in [6.45, 7) is 1.66. The lowest BCUT2D eigenvalue weighted by atomic mass is 10.1. The summed E-state index contributed by atoms with van der Waals surface area (Å²) in [7, 11) is 0. The number of rotatable bonds is 5. The van der Waals surface area contributed by atoms with Gasteiger partial charge in [0.15, 0.2) is 0 Å². The molecule has 0 aliphatic carbocycles. The number of carbonyl (C=O) groups is 1. The summed E-state index contributed by atoms with van der Waals surface area (Å²) in [6.07, 6.45) is 3.10. The Balaban J connectivity index is 2.00. The first-order valence-electron chi connectivity index (χ1n) is 6.04. The van der Waals surface area contributed by atoms with Gasteiger partial charge in [0.05, 0.1) is 19.3 Å². The third kappa shape index (κ3) is 4.15. The Morgan fingerprint density at radius 1 is 1.58 bits per heavy atom. The predicted molar refractivity (Wildman–Crippen MR) is 67.1 cm³/mol. The number of benzene rings is 1. The molecular formula is C14H15FO4. The third-order valence-corrected chi connectivity index (χ3v) is 2.84. The first-order chi connectivity index (χ1) is 9.15. The molecule has 1 unspecified atom stereocenters. The zero-order valence-corrected chi connectivity index (χ0v) is 10.3. The van der Waals surface area contributed by atoms with Gasteiger partial charge in [0.2, 0.25) is 0 Å². The molecule has 0 radical (unpaired) electrons. The molecule has 102 valence electrons. The molecule has 1 heterocycles. The second kappa shape index (κ2) is 6.45. The lowest BCUT2D eigenvalue weighted by Gasteiger charge is -2.10. The highest BCUT2D eigenvalue weighted by molar-refractivity contribution is 5.85. The van der Waals surface area contributed by atoms with Crippen molar-refractivity contribution in [1.82, 2.24) is 0 Å². The van der Waals surface area contributed by atoms with E-state index in [1.807, 2.05) is 0 Å². The summed E-state index contributed by atoms with van der Waals surface area (Å²) in [6, 6.07) is 4.53. The molecule has 0 spiro atoms. The molecular weight excluding hydrogens is 251 g/mol. The van der Waals surface area contributed by atoms with E-state index in [4.69, 9.17) is 14.6 Å². The van der Waals surface area contributed by atoms with Crippen molar-refractivity contribution in [3.63, 3.8) is 0 Å². The molecule has 1 saturated heterocycles. The summed E-state index contributed by atoms with van der Waals surface area (Å²) < 4.78 is 24.3. The summed E-state index contributed by atoms with van der Waals surface area (Å²) in [5.41, 5.74) is 1.05. The smallest absolute Gasteiger partial charge is 0.328 e. The highest BCUT2D eigenvalue weighted by Crippen LogP contribution is 2.16. The van der Waals surface area contributed by atoms with Crippen molar-refractivity contribution in [2.75, 3.05) is 13.2 Å². The second-order valence-electron chi connectivity index (χ2n) is 4.32. The lowest BCUT2D eigenvalue weighted by molar-refractivity contribution is -0.131. The molecule has 0 aromatic heterocycles. The minimum atomic E-state index is -1.11. The minimum Gasteiger partial charge on any atom is -0.478 e. The van der Waals surface area contributed by atoms with Gasteiger partial charge in [0.1, 0.15) is 5.82 Å². The molecule has 1 aliphatic heterocycles. The SMILES string of the molecule is O=C(O)C=Cc1cc(COC2CCOC2)ccc1F.